The Bertz CT molecular complexity index is 2510. The summed E-state index contributed by atoms with van der Waals surface area (Å²) in [6, 6.07) is 20.4. The van der Waals surface area contributed by atoms with Gasteiger partial charge in [0.25, 0.3) is 11.7 Å². The normalized spacial score (nSPS) is 17.0. The molecule has 2 unspecified atom stereocenters. The molecule has 14 heteroatoms. The zero-order valence-corrected chi connectivity index (χ0v) is 31.5. The van der Waals surface area contributed by atoms with Gasteiger partial charge in [0.05, 0.1) is 17.3 Å². The van der Waals surface area contributed by atoms with Gasteiger partial charge in [-0.15, -0.1) is 0 Å². The van der Waals surface area contributed by atoms with E-state index in [1.165, 1.54) is 6.33 Å². The van der Waals surface area contributed by atoms with E-state index in [1.54, 1.807) is 4.52 Å². The summed E-state index contributed by atoms with van der Waals surface area (Å²) in [5.41, 5.74) is 9.24. The molecule has 8 rings (SSSR count). The number of benzene rings is 3. The van der Waals surface area contributed by atoms with Crippen LogP contribution in [-0.2, 0) is 28.0 Å². The van der Waals surface area contributed by atoms with Gasteiger partial charge in [0.1, 0.15) is 12.4 Å². The van der Waals surface area contributed by atoms with E-state index >= 15 is 0 Å². The SMILES string of the molecule is Cc1cc(-c2ncnn3cc(-c4ccc(C(=O)C5NCCc6cc(NC7CCC(=O)NC7=O)ccc65)cc4)cc23)ccc1CNC(=O)c1noc(C(C)(C)C)n1. The van der Waals surface area contributed by atoms with Crippen molar-refractivity contribution < 1.29 is 23.7 Å². The Morgan fingerprint density at radius 3 is 2.52 bits per heavy atom. The molecular weight excluding hydrogens is 711 g/mol. The van der Waals surface area contributed by atoms with Crippen LogP contribution in [0.1, 0.15) is 88.8 Å². The van der Waals surface area contributed by atoms with Crippen molar-refractivity contribution in [2.24, 2.45) is 0 Å². The molecule has 1 fully saturated rings. The first kappa shape index (κ1) is 36.4. The second-order valence-electron chi connectivity index (χ2n) is 15.3. The zero-order chi connectivity index (χ0) is 39.1. The van der Waals surface area contributed by atoms with Crippen molar-refractivity contribution in [2.75, 3.05) is 11.9 Å². The lowest BCUT2D eigenvalue weighted by molar-refractivity contribution is -0.133. The lowest BCUT2D eigenvalue weighted by Gasteiger charge is -2.28. The Hall–Kier alpha value is -6.54. The number of carbonyl (C=O) groups is 4. The molecule has 3 aromatic heterocycles. The monoisotopic (exact) mass is 751 g/mol. The topological polar surface area (TPSA) is 186 Å². The highest BCUT2D eigenvalue weighted by atomic mass is 16.5. The van der Waals surface area contributed by atoms with Crippen LogP contribution in [0.3, 0.4) is 0 Å². The average molecular weight is 752 g/mol. The highest BCUT2D eigenvalue weighted by Gasteiger charge is 2.30. The molecule has 4 N–H and O–H groups in total. The molecule has 0 spiro atoms. The van der Waals surface area contributed by atoms with Crippen LogP contribution in [0.15, 0.2) is 83.8 Å². The van der Waals surface area contributed by atoms with Gasteiger partial charge in [-0.05, 0) is 71.8 Å². The van der Waals surface area contributed by atoms with Gasteiger partial charge in [-0.2, -0.15) is 10.1 Å². The van der Waals surface area contributed by atoms with E-state index in [4.69, 9.17) is 4.52 Å². The summed E-state index contributed by atoms with van der Waals surface area (Å²) < 4.78 is 7.06. The molecule has 0 aliphatic carbocycles. The van der Waals surface area contributed by atoms with Crippen molar-refractivity contribution in [2.45, 2.75) is 71.0 Å². The van der Waals surface area contributed by atoms with Crippen LogP contribution >= 0.6 is 0 Å². The molecule has 3 aromatic carbocycles. The van der Waals surface area contributed by atoms with E-state index in [0.29, 0.717) is 37.4 Å². The summed E-state index contributed by atoms with van der Waals surface area (Å²) in [5.74, 6) is -0.602. The fourth-order valence-electron chi connectivity index (χ4n) is 7.14. The van der Waals surface area contributed by atoms with Gasteiger partial charge in [-0.1, -0.05) is 68.4 Å². The number of hydrogen-bond acceptors (Lipinski definition) is 11. The van der Waals surface area contributed by atoms with Crippen molar-refractivity contribution in [1.82, 2.24) is 40.7 Å². The van der Waals surface area contributed by atoms with Gasteiger partial charge >= 0.3 is 0 Å². The number of fused-ring (bicyclic) bond motifs is 2. The van der Waals surface area contributed by atoms with Gasteiger partial charge in [-0.25, -0.2) is 9.50 Å². The molecule has 2 atom stereocenters. The van der Waals surface area contributed by atoms with Crippen molar-refractivity contribution in [3.05, 3.63) is 119 Å². The Kier molecular flexibility index (Phi) is 9.50. The molecule has 284 valence electrons. The number of carbonyl (C=O) groups excluding carboxylic acids is 4. The number of ketones is 1. The average Bonchev–Trinajstić information content (AvgIpc) is 3.87. The number of anilines is 1. The van der Waals surface area contributed by atoms with Gasteiger partial charge in [0.2, 0.25) is 17.7 Å². The first-order valence-corrected chi connectivity index (χ1v) is 18.6. The largest absolute Gasteiger partial charge is 0.374 e. The number of nitrogens with zero attached hydrogens (tertiary/aromatic N) is 5. The smallest absolute Gasteiger partial charge is 0.292 e. The maximum absolute atomic E-state index is 13.8. The van der Waals surface area contributed by atoms with E-state index in [9.17, 15) is 19.2 Å². The third-order valence-electron chi connectivity index (χ3n) is 10.3. The Morgan fingerprint density at radius 1 is 0.964 bits per heavy atom. The minimum absolute atomic E-state index is 0.00267. The van der Waals surface area contributed by atoms with E-state index in [1.807, 2.05) is 101 Å². The maximum atomic E-state index is 13.8. The molecule has 5 heterocycles. The molecule has 56 heavy (non-hydrogen) atoms. The molecule has 0 saturated carbocycles. The number of imide groups is 1. The number of piperidine rings is 1. The van der Waals surface area contributed by atoms with Gasteiger partial charge in [0, 0.05) is 53.5 Å². The van der Waals surface area contributed by atoms with Crippen LogP contribution in [0.2, 0.25) is 0 Å². The molecule has 6 aromatic rings. The second-order valence-corrected chi connectivity index (χ2v) is 15.3. The summed E-state index contributed by atoms with van der Waals surface area (Å²) in [7, 11) is 0. The lowest BCUT2D eigenvalue weighted by Crippen LogP contribution is -2.47. The first-order valence-electron chi connectivity index (χ1n) is 18.6. The summed E-state index contributed by atoms with van der Waals surface area (Å²) in [6.45, 7) is 8.75. The third kappa shape index (κ3) is 7.30. The summed E-state index contributed by atoms with van der Waals surface area (Å²) in [5, 5.41) is 20.2. The van der Waals surface area contributed by atoms with Crippen LogP contribution in [0.4, 0.5) is 5.69 Å². The van der Waals surface area contributed by atoms with E-state index in [2.05, 4.69) is 41.5 Å². The Labute approximate surface area is 322 Å². The minimum atomic E-state index is -0.498. The van der Waals surface area contributed by atoms with E-state index < -0.39 is 18.0 Å². The molecule has 0 bridgehead atoms. The van der Waals surface area contributed by atoms with E-state index in [0.717, 1.165) is 62.3 Å². The van der Waals surface area contributed by atoms with Crippen LogP contribution in [0.5, 0.6) is 0 Å². The highest BCUT2D eigenvalue weighted by molar-refractivity contribution is 6.02. The number of rotatable bonds is 9. The van der Waals surface area contributed by atoms with Crippen molar-refractivity contribution in [1.29, 1.82) is 0 Å². The number of amides is 3. The highest BCUT2D eigenvalue weighted by Crippen LogP contribution is 2.32. The predicted octanol–water partition coefficient (Wildman–Crippen LogP) is 5.27. The molecule has 3 amide bonds. The van der Waals surface area contributed by atoms with Crippen LogP contribution in [0.25, 0.3) is 27.9 Å². The zero-order valence-electron chi connectivity index (χ0n) is 31.5. The fourth-order valence-corrected chi connectivity index (χ4v) is 7.14. The molecule has 2 aliphatic heterocycles. The molecule has 0 radical (unpaired) electrons. The standard InChI is InChI=1S/C42H41N9O5/c1-23-17-27(9-10-28(23)20-44-40(55)38-49-41(56-50-38)42(2,3)4)35-33-19-29(21-51(33)46-22-45-35)24-5-7-25(8-6-24)37(53)36-31-12-11-30(18-26(31)15-16-43-36)47-32-13-14-34(52)48-39(32)54/h5-12,17-19,21-22,32,36,43,47H,13-16,20H2,1-4H3,(H,44,55)(H,48,52,54). The molecule has 14 nitrogen and oxygen atoms in total. The number of aromatic nitrogens is 5. The van der Waals surface area contributed by atoms with Gasteiger partial charge in [-0.3, -0.25) is 24.5 Å². The summed E-state index contributed by atoms with van der Waals surface area (Å²) >= 11 is 0. The maximum Gasteiger partial charge on any atom is 0.292 e. The number of hydrogen-bond donors (Lipinski definition) is 4. The quantitative estimate of drug-likeness (QED) is 0.111. The van der Waals surface area contributed by atoms with Crippen molar-refractivity contribution >= 4 is 34.7 Å². The predicted molar refractivity (Wildman–Crippen MR) is 208 cm³/mol. The van der Waals surface area contributed by atoms with Crippen molar-refractivity contribution in [3.63, 3.8) is 0 Å². The fraction of sp³-hybridized carbons (Fsp3) is 0.286. The summed E-state index contributed by atoms with van der Waals surface area (Å²) in [4.78, 5) is 59.2. The minimum Gasteiger partial charge on any atom is -0.374 e. The molecule has 2 aliphatic rings. The molecule has 1 saturated heterocycles. The van der Waals surface area contributed by atoms with Crippen molar-refractivity contribution in [3.8, 4) is 22.4 Å². The second kappa shape index (κ2) is 14.6. The van der Waals surface area contributed by atoms with Crippen LogP contribution in [-0.4, -0.2) is 60.8 Å². The number of Topliss-reactive ketones (excluding diaryl/α,β-unsaturated/α-hetero) is 1. The van der Waals surface area contributed by atoms with Crippen LogP contribution < -0.4 is 21.3 Å². The Morgan fingerprint density at radius 2 is 1.77 bits per heavy atom. The molecular formula is C42H41N9O5. The van der Waals surface area contributed by atoms with Gasteiger partial charge < -0.3 is 20.5 Å². The third-order valence-corrected chi connectivity index (χ3v) is 10.3. The number of aryl methyl sites for hydroxylation is 1. The van der Waals surface area contributed by atoms with Crippen LogP contribution in [0, 0.1) is 6.92 Å². The lowest BCUT2D eigenvalue weighted by atomic mass is 9.88. The van der Waals surface area contributed by atoms with Gasteiger partial charge in [0.15, 0.2) is 5.78 Å². The summed E-state index contributed by atoms with van der Waals surface area (Å²) in [6.07, 6.45) is 4.95. The first-order chi connectivity index (χ1) is 26.9. The van der Waals surface area contributed by atoms with E-state index in [-0.39, 0.29) is 28.8 Å². The Balaban J connectivity index is 0.952. The number of nitrogens with one attached hydrogen (secondary N) is 4.